The van der Waals surface area contributed by atoms with Crippen molar-refractivity contribution in [2.75, 3.05) is 13.2 Å². The molecular formula is C23H30N2O4. The number of carbonyl (C=O) groups is 1. The van der Waals surface area contributed by atoms with Crippen LogP contribution in [0.5, 0.6) is 5.75 Å². The highest BCUT2D eigenvalue weighted by Gasteiger charge is 2.26. The molecule has 0 aliphatic heterocycles. The highest BCUT2D eigenvalue weighted by Crippen LogP contribution is 2.33. The van der Waals surface area contributed by atoms with Crippen LogP contribution in [0.25, 0.3) is 11.5 Å². The van der Waals surface area contributed by atoms with E-state index in [1.807, 2.05) is 19.1 Å². The minimum absolute atomic E-state index is 0.00499. The van der Waals surface area contributed by atoms with Crippen LogP contribution in [-0.4, -0.2) is 36.3 Å². The number of carbonyl (C=O) groups excluding carboxylic acids is 1. The molecule has 2 atom stereocenters. The van der Waals surface area contributed by atoms with Gasteiger partial charge in [-0.05, 0) is 62.8 Å². The molecule has 6 heteroatoms. The second kappa shape index (κ2) is 8.57. The van der Waals surface area contributed by atoms with E-state index < -0.39 is 0 Å². The van der Waals surface area contributed by atoms with Crippen molar-refractivity contribution < 1.29 is 18.7 Å². The van der Waals surface area contributed by atoms with E-state index in [0.717, 1.165) is 60.1 Å². The number of amides is 1. The van der Waals surface area contributed by atoms with Gasteiger partial charge in [-0.2, -0.15) is 0 Å². The molecule has 0 radical (unpaired) electrons. The standard InChI is InChI=1S/C23H30N2O4/c1-14-10-18(6-8-21(14)28-13-17-4-5-17)23-25-20-11-19(7-9-22(20)29-23)27-12-15(2)24-16(3)26/h6,8,10,15,17,19H,4-5,7,9,11-13H2,1-3H3,(H,24,26). The van der Waals surface area contributed by atoms with Crippen molar-refractivity contribution in [3.05, 3.63) is 35.2 Å². The average molecular weight is 399 g/mol. The number of nitrogens with zero attached hydrogens (tertiary/aromatic N) is 1. The van der Waals surface area contributed by atoms with Crippen molar-refractivity contribution >= 4 is 5.91 Å². The molecule has 156 valence electrons. The van der Waals surface area contributed by atoms with E-state index >= 15 is 0 Å². The van der Waals surface area contributed by atoms with E-state index in [4.69, 9.17) is 18.9 Å². The minimum atomic E-state index is -0.0348. The predicted molar refractivity (Wildman–Crippen MR) is 110 cm³/mol. The molecule has 6 nitrogen and oxygen atoms in total. The Labute approximate surface area is 172 Å². The first-order chi connectivity index (χ1) is 14.0. The summed E-state index contributed by atoms with van der Waals surface area (Å²) in [7, 11) is 0. The Morgan fingerprint density at radius 2 is 2.17 bits per heavy atom. The van der Waals surface area contributed by atoms with Crippen LogP contribution in [0.2, 0.25) is 0 Å². The largest absolute Gasteiger partial charge is 0.493 e. The zero-order valence-corrected chi connectivity index (χ0v) is 17.5. The number of nitrogens with one attached hydrogen (secondary N) is 1. The third kappa shape index (κ3) is 5.18. The third-order valence-corrected chi connectivity index (χ3v) is 5.52. The van der Waals surface area contributed by atoms with Gasteiger partial charge in [0.05, 0.1) is 25.0 Å². The van der Waals surface area contributed by atoms with Crippen molar-refractivity contribution in [2.45, 2.75) is 65.0 Å². The smallest absolute Gasteiger partial charge is 0.226 e. The van der Waals surface area contributed by atoms with Crippen molar-refractivity contribution in [1.29, 1.82) is 0 Å². The van der Waals surface area contributed by atoms with E-state index in [9.17, 15) is 4.79 Å². The van der Waals surface area contributed by atoms with Gasteiger partial charge in [0.2, 0.25) is 11.8 Å². The number of aryl methyl sites for hydroxylation is 2. The van der Waals surface area contributed by atoms with Crippen LogP contribution < -0.4 is 10.1 Å². The topological polar surface area (TPSA) is 73.6 Å². The van der Waals surface area contributed by atoms with Gasteiger partial charge < -0.3 is 19.2 Å². The summed E-state index contributed by atoms with van der Waals surface area (Å²) in [6.45, 7) is 6.86. The fraction of sp³-hybridized carbons (Fsp3) is 0.565. The van der Waals surface area contributed by atoms with Crippen LogP contribution in [0, 0.1) is 12.8 Å². The molecule has 2 unspecified atom stereocenters. The van der Waals surface area contributed by atoms with Crippen LogP contribution >= 0.6 is 0 Å². The first kappa shape index (κ1) is 20.0. The number of hydrogen-bond donors (Lipinski definition) is 1. The summed E-state index contributed by atoms with van der Waals surface area (Å²) in [5.74, 6) is 3.27. The molecule has 1 amide bonds. The Morgan fingerprint density at radius 1 is 1.34 bits per heavy atom. The SMILES string of the molecule is CC(=O)NC(C)COC1CCc2oc(-c3ccc(OCC4CC4)c(C)c3)nc2C1. The van der Waals surface area contributed by atoms with Crippen LogP contribution in [0.4, 0.5) is 0 Å². The van der Waals surface area contributed by atoms with Gasteiger partial charge in [0.25, 0.3) is 0 Å². The molecule has 1 N–H and O–H groups in total. The first-order valence-electron chi connectivity index (χ1n) is 10.6. The molecule has 1 heterocycles. The number of fused-ring (bicyclic) bond motifs is 1. The highest BCUT2D eigenvalue weighted by atomic mass is 16.5. The normalized spacial score (nSPS) is 19.5. The van der Waals surface area contributed by atoms with E-state index in [0.29, 0.717) is 12.5 Å². The second-order valence-electron chi connectivity index (χ2n) is 8.42. The van der Waals surface area contributed by atoms with Crippen molar-refractivity contribution in [1.82, 2.24) is 10.3 Å². The Balaban J connectivity index is 1.37. The maximum atomic E-state index is 11.1. The van der Waals surface area contributed by atoms with Gasteiger partial charge in [0, 0.05) is 31.4 Å². The Hall–Kier alpha value is -2.34. The Kier molecular flexibility index (Phi) is 5.90. The number of hydrogen-bond acceptors (Lipinski definition) is 5. The molecule has 2 aromatic rings. The molecule has 0 saturated heterocycles. The molecular weight excluding hydrogens is 368 g/mol. The lowest BCUT2D eigenvalue weighted by Crippen LogP contribution is -2.36. The van der Waals surface area contributed by atoms with Gasteiger partial charge in [-0.15, -0.1) is 0 Å². The minimum Gasteiger partial charge on any atom is -0.493 e. The molecule has 29 heavy (non-hydrogen) atoms. The number of benzene rings is 1. The average Bonchev–Trinajstić information content (AvgIpc) is 3.41. The van der Waals surface area contributed by atoms with E-state index in [1.165, 1.54) is 19.8 Å². The molecule has 1 saturated carbocycles. The molecule has 0 bridgehead atoms. The lowest BCUT2D eigenvalue weighted by atomic mass is 9.99. The summed E-state index contributed by atoms with van der Waals surface area (Å²) < 4.78 is 18.0. The zero-order valence-electron chi connectivity index (χ0n) is 17.5. The predicted octanol–water partition coefficient (Wildman–Crippen LogP) is 3.84. The van der Waals surface area contributed by atoms with Gasteiger partial charge in [-0.25, -0.2) is 4.98 Å². The monoisotopic (exact) mass is 398 g/mol. The lowest BCUT2D eigenvalue weighted by molar-refractivity contribution is -0.120. The van der Waals surface area contributed by atoms with E-state index in [1.54, 1.807) is 0 Å². The second-order valence-corrected chi connectivity index (χ2v) is 8.42. The summed E-state index contributed by atoms with van der Waals surface area (Å²) in [4.78, 5) is 15.9. The lowest BCUT2D eigenvalue weighted by Gasteiger charge is -2.23. The van der Waals surface area contributed by atoms with E-state index in [2.05, 4.69) is 18.3 Å². The fourth-order valence-electron chi connectivity index (χ4n) is 3.72. The van der Waals surface area contributed by atoms with Crippen molar-refractivity contribution in [3.63, 3.8) is 0 Å². The Bertz CT molecular complexity index is 872. The van der Waals surface area contributed by atoms with Crippen LogP contribution in [0.15, 0.2) is 22.6 Å². The van der Waals surface area contributed by atoms with Crippen LogP contribution in [0.3, 0.4) is 0 Å². The van der Waals surface area contributed by atoms with Gasteiger partial charge in [-0.1, -0.05) is 0 Å². The maximum Gasteiger partial charge on any atom is 0.226 e. The molecule has 1 aromatic heterocycles. The third-order valence-electron chi connectivity index (χ3n) is 5.52. The molecule has 4 rings (SSSR count). The Morgan fingerprint density at radius 3 is 2.90 bits per heavy atom. The molecule has 1 aromatic carbocycles. The number of aromatic nitrogens is 1. The van der Waals surface area contributed by atoms with Crippen LogP contribution in [-0.2, 0) is 22.4 Å². The maximum absolute atomic E-state index is 11.1. The van der Waals surface area contributed by atoms with Gasteiger partial charge in [0.15, 0.2) is 0 Å². The number of oxazole rings is 1. The molecule has 2 aliphatic rings. The summed E-state index contributed by atoms with van der Waals surface area (Å²) >= 11 is 0. The van der Waals surface area contributed by atoms with Gasteiger partial charge in [-0.3, -0.25) is 4.79 Å². The van der Waals surface area contributed by atoms with Crippen LogP contribution in [0.1, 0.15) is 50.1 Å². The highest BCUT2D eigenvalue weighted by molar-refractivity contribution is 5.73. The van der Waals surface area contributed by atoms with Crippen molar-refractivity contribution in [2.24, 2.45) is 5.92 Å². The van der Waals surface area contributed by atoms with E-state index in [-0.39, 0.29) is 18.1 Å². The van der Waals surface area contributed by atoms with Crippen molar-refractivity contribution in [3.8, 4) is 17.2 Å². The summed E-state index contributed by atoms with van der Waals surface area (Å²) in [6, 6.07) is 6.13. The molecule has 1 fully saturated rings. The zero-order chi connectivity index (χ0) is 20.4. The summed E-state index contributed by atoms with van der Waals surface area (Å²) in [6.07, 6.45) is 5.15. The van der Waals surface area contributed by atoms with Gasteiger partial charge in [0.1, 0.15) is 11.5 Å². The van der Waals surface area contributed by atoms with Gasteiger partial charge >= 0.3 is 0 Å². The number of ether oxygens (including phenoxy) is 2. The molecule has 0 spiro atoms. The summed E-state index contributed by atoms with van der Waals surface area (Å²) in [5.41, 5.74) is 3.06. The number of rotatable bonds is 8. The quantitative estimate of drug-likeness (QED) is 0.731. The molecule has 2 aliphatic carbocycles. The first-order valence-corrected chi connectivity index (χ1v) is 10.6. The fourth-order valence-corrected chi connectivity index (χ4v) is 3.72. The summed E-state index contributed by atoms with van der Waals surface area (Å²) in [5, 5.41) is 2.85.